The van der Waals surface area contributed by atoms with E-state index in [4.69, 9.17) is 4.74 Å². The molecule has 2 heterocycles. The number of nitrogens with zero attached hydrogens (tertiary/aromatic N) is 1. The second-order valence-corrected chi connectivity index (χ2v) is 8.73. The van der Waals surface area contributed by atoms with Crippen LogP contribution >= 0.6 is 11.3 Å². The first-order valence-electron chi connectivity index (χ1n) is 11.1. The van der Waals surface area contributed by atoms with Gasteiger partial charge in [-0.1, -0.05) is 43.3 Å². The molecule has 0 saturated heterocycles. The van der Waals surface area contributed by atoms with Crippen molar-refractivity contribution in [3.8, 4) is 0 Å². The zero-order chi connectivity index (χ0) is 26.6. The van der Waals surface area contributed by atoms with Gasteiger partial charge in [-0.3, -0.25) is 14.9 Å². The van der Waals surface area contributed by atoms with E-state index in [1.807, 2.05) is 6.07 Å². The van der Waals surface area contributed by atoms with E-state index in [1.54, 1.807) is 36.6 Å². The van der Waals surface area contributed by atoms with Crippen LogP contribution < -0.4 is 10.7 Å². The van der Waals surface area contributed by atoms with Gasteiger partial charge in [-0.25, -0.2) is 9.78 Å². The van der Waals surface area contributed by atoms with Gasteiger partial charge in [0, 0.05) is 23.0 Å². The number of carbonyl (C=O) groups is 2. The van der Waals surface area contributed by atoms with Crippen LogP contribution in [0.15, 0.2) is 71.0 Å². The Labute approximate surface area is 212 Å². The van der Waals surface area contributed by atoms with Gasteiger partial charge in [0.05, 0.1) is 16.8 Å². The number of anilines is 1. The highest BCUT2D eigenvalue weighted by atomic mass is 32.1. The molecular weight excluding hydrogens is 507 g/mol. The molecule has 190 valence electrons. The van der Waals surface area contributed by atoms with Crippen molar-refractivity contribution in [3.05, 3.63) is 98.8 Å². The maximum Gasteiger partial charge on any atom is 0.418 e. The molecule has 37 heavy (non-hydrogen) atoms. The zero-order valence-corrected chi connectivity index (χ0v) is 20.2. The number of esters is 1. The van der Waals surface area contributed by atoms with E-state index in [1.165, 1.54) is 18.3 Å². The molecule has 0 aliphatic heterocycles. The van der Waals surface area contributed by atoms with Crippen LogP contribution in [0.1, 0.15) is 46.6 Å². The smallest absolute Gasteiger partial charge is 0.418 e. The lowest BCUT2D eigenvalue weighted by molar-refractivity contribution is -0.143. The number of benzene rings is 2. The quantitative estimate of drug-likeness (QED) is 0.228. The number of aromatic amines is 1. The predicted molar refractivity (Wildman–Crippen MR) is 134 cm³/mol. The van der Waals surface area contributed by atoms with E-state index >= 15 is 0 Å². The first kappa shape index (κ1) is 25.8. The van der Waals surface area contributed by atoms with E-state index in [-0.39, 0.29) is 22.6 Å². The number of para-hydroxylation sites is 1. The van der Waals surface area contributed by atoms with Crippen molar-refractivity contribution in [2.24, 2.45) is 0 Å². The summed E-state index contributed by atoms with van der Waals surface area (Å²) in [5, 5.41) is 3.95. The van der Waals surface area contributed by atoms with Gasteiger partial charge >= 0.3 is 12.1 Å². The number of fused-ring (bicyclic) bond motifs is 1. The Morgan fingerprint density at radius 2 is 1.92 bits per heavy atom. The first-order chi connectivity index (χ1) is 17.7. The van der Waals surface area contributed by atoms with Crippen LogP contribution in [0.4, 0.5) is 18.3 Å². The summed E-state index contributed by atoms with van der Waals surface area (Å²) < 4.78 is 46.7. The highest BCUT2D eigenvalue weighted by molar-refractivity contribution is 7.13. The van der Waals surface area contributed by atoms with Crippen LogP contribution in [-0.2, 0) is 15.7 Å². The van der Waals surface area contributed by atoms with Crippen molar-refractivity contribution >= 4 is 45.3 Å². The molecule has 0 spiro atoms. The SMILES string of the molecule is CCC(OC(=O)C=Cc1ccccc1)c1[nH]c2c(C(F)(F)F)cccc2c(=O)c1C(=O)Nc1nccs1. The number of pyridine rings is 1. The number of nitrogens with one attached hydrogen (secondary N) is 2. The fourth-order valence-electron chi connectivity index (χ4n) is 3.73. The van der Waals surface area contributed by atoms with Crippen LogP contribution in [0.2, 0.25) is 0 Å². The number of halogens is 3. The van der Waals surface area contributed by atoms with Crippen molar-refractivity contribution in [1.82, 2.24) is 9.97 Å². The molecule has 11 heteroatoms. The number of amides is 1. The molecule has 0 radical (unpaired) electrons. The summed E-state index contributed by atoms with van der Waals surface area (Å²) in [6.45, 7) is 1.61. The minimum Gasteiger partial charge on any atom is -0.453 e. The summed E-state index contributed by atoms with van der Waals surface area (Å²) in [4.78, 5) is 45.7. The Kier molecular flexibility index (Phi) is 7.53. The van der Waals surface area contributed by atoms with E-state index in [0.717, 1.165) is 35.1 Å². The molecule has 1 amide bonds. The maximum absolute atomic E-state index is 13.7. The number of ether oxygens (including phenoxy) is 1. The van der Waals surface area contributed by atoms with Crippen molar-refractivity contribution in [2.45, 2.75) is 25.6 Å². The number of thiazole rings is 1. The van der Waals surface area contributed by atoms with Gasteiger partial charge in [0.1, 0.15) is 11.7 Å². The number of hydrogen-bond donors (Lipinski definition) is 2. The summed E-state index contributed by atoms with van der Waals surface area (Å²) in [6, 6.07) is 12.0. The Bertz CT molecular complexity index is 1510. The zero-order valence-electron chi connectivity index (χ0n) is 19.3. The molecule has 1 unspecified atom stereocenters. The first-order valence-corrected chi connectivity index (χ1v) is 12.0. The molecule has 0 saturated carbocycles. The van der Waals surface area contributed by atoms with E-state index in [0.29, 0.717) is 0 Å². The van der Waals surface area contributed by atoms with Gasteiger partial charge in [0.15, 0.2) is 5.13 Å². The molecule has 0 fully saturated rings. The minimum absolute atomic E-state index is 0.0675. The molecule has 0 bridgehead atoms. The van der Waals surface area contributed by atoms with E-state index in [9.17, 15) is 27.6 Å². The molecule has 7 nitrogen and oxygen atoms in total. The Balaban J connectivity index is 1.81. The maximum atomic E-state index is 13.7. The molecule has 2 aromatic heterocycles. The van der Waals surface area contributed by atoms with Gasteiger partial charge < -0.3 is 9.72 Å². The average molecular weight is 528 g/mol. The molecular formula is C26H20F3N3O4S. The summed E-state index contributed by atoms with van der Waals surface area (Å²) >= 11 is 1.10. The number of rotatable bonds is 7. The van der Waals surface area contributed by atoms with Crippen LogP contribution in [-0.4, -0.2) is 21.8 Å². The van der Waals surface area contributed by atoms with Crippen LogP contribution in [0, 0.1) is 0 Å². The van der Waals surface area contributed by atoms with Crippen LogP contribution in [0.25, 0.3) is 17.0 Å². The molecule has 2 aromatic carbocycles. The normalized spacial score (nSPS) is 12.5. The van der Waals surface area contributed by atoms with E-state index in [2.05, 4.69) is 15.3 Å². The third-order valence-corrected chi connectivity index (χ3v) is 6.10. The highest BCUT2D eigenvalue weighted by Crippen LogP contribution is 2.35. The van der Waals surface area contributed by atoms with Gasteiger partial charge in [-0.2, -0.15) is 13.2 Å². The molecule has 0 aliphatic carbocycles. The van der Waals surface area contributed by atoms with Gasteiger partial charge in [-0.15, -0.1) is 11.3 Å². The lowest BCUT2D eigenvalue weighted by atomic mass is 10.0. The van der Waals surface area contributed by atoms with Crippen molar-refractivity contribution in [3.63, 3.8) is 0 Å². The van der Waals surface area contributed by atoms with Crippen molar-refractivity contribution in [2.75, 3.05) is 5.32 Å². The van der Waals surface area contributed by atoms with E-state index < -0.39 is 46.2 Å². The van der Waals surface area contributed by atoms with Crippen LogP contribution in [0.3, 0.4) is 0 Å². The number of H-pyrrole nitrogens is 1. The number of hydrogen-bond acceptors (Lipinski definition) is 6. The Morgan fingerprint density at radius 3 is 2.57 bits per heavy atom. The van der Waals surface area contributed by atoms with Gasteiger partial charge in [0.2, 0.25) is 5.43 Å². The summed E-state index contributed by atoms with van der Waals surface area (Å²) in [6.07, 6.45) is -1.82. The fraction of sp³-hybridized carbons (Fsp3) is 0.154. The third kappa shape index (κ3) is 5.78. The Hall–Kier alpha value is -4.25. The van der Waals surface area contributed by atoms with Gasteiger partial charge in [-0.05, 0) is 30.2 Å². The largest absolute Gasteiger partial charge is 0.453 e. The monoisotopic (exact) mass is 527 g/mol. The Morgan fingerprint density at radius 1 is 1.16 bits per heavy atom. The van der Waals surface area contributed by atoms with Crippen molar-refractivity contribution < 1.29 is 27.5 Å². The summed E-state index contributed by atoms with van der Waals surface area (Å²) in [7, 11) is 0. The summed E-state index contributed by atoms with van der Waals surface area (Å²) in [5.74, 6) is -1.69. The minimum atomic E-state index is -4.78. The number of carbonyl (C=O) groups excluding carboxylic acids is 2. The molecule has 1 atom stereocenters. The molecule has 2 N–H and O–H groups in total. The number of alkyl halides is 3. The molecule has 4 rings (SSSR count). The number of aromatic nitrogens is 2. The average Bonchev–Trinajstić information content (AvgIpc) is 3.38. The standard InChI is InChI=1S/C26H20F3N3O4S/c1-2-18(36-19(33)12-11-15-7-4-3-5-8-15)22-20(24(35)32-25-30-13-14-37-25)23(34)16-9-6-10-17(21(16)31-22)26(27,28)29/h3-14,18H,2H2,1H3,(H,31,34)(H,30,32,35). The second kappa shape index (κ2) is 10.8. The fourth-order valence-corrected chi connectivity index (χ4v) is 4.26. The lowest BCUT2D eigenvalue weighted by Gasteiger charge is -2.20. The molecule has 4 aromatic rings. The predicted octanol–water partition coefficient (Wildman–Crippen LogP) is 5.96. The second-order valence-electron chi connectivity index (χ2n) is 7.84. The van der Waals surface area contributed by atoms with Crippen LogP contribution in [0.5, 0.6) is 0 Å². The third-order valence-electron chi connectivity index (χ3n) is 5.41. The topological polar surface area (TPSA) is 101 Å². The summed E-state index contributed by atoms with van der Waals surface area (Å²) in [5.41, 5.74) is -2.50. The highest BCUT2D eigenvalue weighted by Gasteiger charge is 2.35. The van der Waals surface area contributed by atoms with Crippen molar-refractivity contribution in [1.29, 1.82) is 0 Å². The van der Waals surface area contributed by atoms with Gasteiger partial charge in [0.25, 0.3) is 5.91 Å². The molecule has 0 aliphatic rings. The lowest BCUT2D eigenvalue weighted by Crippen LogP contribution is -2.28.